The van der Waals surface area contributed by atoms with Gasteiger partial charge in [-0.25, -0.2) is 12.7 Å². The fraction of sp³-hybridized carbons (Fsp3) is 0.611. The third-order valence-corrected chi connectivity index (χ3v) is 6.07. The molecule has 1 aromatic carbocycles. The van der Waals surface area contributed by atoms with Crippen molar-refractivity contribution in [2.75, 3.05) is 47.5 Å². The lowest BCUT2D eigenvalue weighted by Gasteiger charge is -2.14. The summed E-state index contributed by atoms with van der Waals surface area (Å²) in [7, 11) is 1.36. The first-order valence-electron chi connectivity index (χ1n) is 9.09. The first kappa shape index (κ1) is 21.6. The number of guanidine groups is 1. The maximum atomic E-state index is 12.1. The molecular formula is C18H30N4O4S. The van der Waals surface area contributed by atoms with Crippen LogP contribution in [0.15, 0.2) is 34.2 Å². The summed E-state index contributed by atoms with van der Waals surface area (Å²) in [6, 6.07) is 6.83. The molecule has 152 valence electrons. The third-order valence-electron chi connectivity index (χ3n) is 4.24. The van der Waals surface area contributed by atoms with Crippen LogP contribution in [-0.4, -0.2) is 72.3 Å². The molecule has 0 bridgehead atoms. The van der Waals surface area contributed by atoms with E-state index in [2.05, 4.69) is 15.6 Å². The number of rotatable bonds is 9. The summed E-state index contributed by atoms with van der Waals surface area (Å²) in [4.78, 5) is 4.47. The normalized spacial score (nSPS) is 18.1. The smallest absolute Gasteiger partial charge is 0.242 e. The van der Waals surface area contributed by atoms with Crippen molar-refractivity contribution in [3.8, 4) is 0 Å². The van der Waals surface area contributed by atoms with Crippen LogP contribution in [0, 0.1) is 0 Å². The highest BCUT2D eigenvalue weighted by Crippen LogP contribution is 2.13. The van der Waals surface area contributed by atoms with E-state index in [1.54, 1.807) is 31.3 Å². The highest BCUT2D eigenvalue weighted by molar-refractivity contribution is 7.89. The third kappa shape index (κ3) is 6.76. The Bertz CT molecular complexity index is 699. The van der Waals surface area contributed by atoms with E-state index in [4.69, 9.17) is 9.47 Å². The van der Waals surface area contributed by atoms with Crippen LogP contribution < -0.4 is 10.6 Å². The Balaban J connectivity index is 1.70. The Morgan fingerprint density at radius 3 is 2.63 bits per heavy atom. The zero-order valence-corrected chi connectivity index (χ0v) is 17.1. The lowest BCUT2D eigenvalue weighted by Crippen LogP contribution is -2.37. The quantitative estimate of drug-likeness (QED) is 0.363. The van der Waals surface area contributed by atoms with Gasteiger partial charge in [0, 0.05) is 47.4 Å². The maximum Gasteiger partial charge on any atom is 0.242 e. The van der Waals surface area contributed by atoms with E-state index in [-0.39, 0.29) is 11.0 Å². The molecule has 2 N–H and O–H groups in total. The molecule has 1 aromatic rings. The summed E-state index contributed by atoms with van der Waals surface area (Å²) in [5.74, 6) is 0.698. The Hall–Kier alpha value is -1.68. The predicted octanol–water partition coefficient (Wildman–Crippen LogP) is 0.798. The second-order valence-electron chi connectivity index (χ2n) is 6.49. The summed E-state index contributed by atoms with van der Waals surface area (Å²) in [6.45, 7) is 3.50. The van der Waals surface area contributed by atoms with Gasteiger partial charge in [0.1, 0.15) is 0 Å². The second-order valence-corrected chi connectivity index (χ2v) is 8.65. The topological polar surface area (TPSA) is 92.3 Å². The van der Waals surface area contributed by atoms with E-state index < -0.39 is 10.0 Å². The first-order chi connectivity index (χ1) is 12.9. The van der Waals surface area contributed by atoms with E-state index in [1.165, 1.54) is 18.4 Å². The van der Waals surface area contributed by atoms with Crippen molar-refractivity contribution < 1.29 is 17.9 Å². The molecule has 0 saturated carbocycles. The van der Waals surface area contributed by atoms with Gasteiger partial charge in [-0.1, -0.05) is 12.1 Å². The van der Waals surface area contributed by atoms with Crippen molar-refractivity contribution in [2.45, 2.75) is 30.4 Å². The van der Waals surface area contributed by atoms with Gasteiger partial charge < -0.3 is 20.1 Å². The Morgan fingerprint density at radius 1 is 1.30 bits per heavy atom. The van der Waals surface area contributed by atoms with E-state index in [1.807, 2.05) is 0 Å². The highest BCUT2D eigenvalue weighted by atomic mass is 32.2. The molecule has 1 fully saturated rings. The number of nitrogens with one attached hydrogen (secondary N) is 2. The monoisotopic (exact) mass is 398 g/mol. The molecule has 8 nitrogen and oxygen atoms in total. The summed E-state index contributed by atoms with van der Waals surface area (Å²) >= 11 is 0. The zero-order valence-electron chi connectivity index (χ0n) is 16.3. The molecule has 9 heteroatoms. The SMILES string of the molecule is CN=C(NCCCOC1CCOC1)NCc1ccc(S(=O)(=O)N(C)C)cc1. The summed E-state index contributed by atoms with van der Waals surface area (Å²) in [5, 5.41) is 6.46. The van der Waals surface area contributed by atoms with Gasteiger partial charge in [0.15, 0.2) is 5.96 Å². The number of aliphatic imine (C=N–C) groups is 1. The molecule has 0 aromatic heterocycles. The summed E-state index contributed by atoms with van der Waals surface area (Å²) < 4.78 is 36.4. The molecule has 0 radical (unpaired) electrons. The van der Waals surface area contributed by atoms with Crippen LogP contribution in [0.25, 0.3) is 0 Å². The minimum atomic E-state index is -3.40. The second kappa shape index (κ2) is 10.6. The molecule has 1 aliphatic rings. The van der Waals surface area contributed by atoms with Gasteiger partial charge in [0.2, 0.25) is 10.0 Å². The molecule has 27 heavy (non-hydrogen) atoms. The van der Waals surface area contributed by atoms with Crippen LogP contribution in [-0.2, 0) is 26.0 Å². The molecule has 0 spiro atoms. The molecule has 0 amide bonds. The molecule has 1 aliphatic heterocycles. The van der Waals surface area contributed by atoms with Crippen LogP contribution in [0.4, 0.5) is 0 Å². The van der Waals surface area contributed by atoms with Crippen LogP contribution in [0.3, 0.4) is 0 Å². The number of hydrogen-bond donors (Lipinski definition) is 2. The van der Waals surface area contributed by atoms with Crippen LogP contribution in [0.2, 0.25) is 0 Å². The lowest BCUT2D eigenvalue weighted by atomic mass is 10.2. The van der Waals surface area contributed by atoms with Gasteiger partial charge in [-0.2, -0.15) is 0 Å². The minimum absolute atomic E-state index is 0.238. The fourth-order valence-electron chi connectivity index (χ4n) is 2.57. The number of sulfonamides is 1. The standard InChI is InChI=1S/C18H30N4O4S/c1-19-18(20-10-4-11-26-16-9-12-25-14-16)21-13-15-5-7-17(8-6-15)27(23,24)22(2)3/h5-8,16H,4,9-14H2,1-3H3,(H2,19,20,21). The van der Waals surface area contributed by atoms with E-state index in [0.717, 1.165) is 31.6 Å². The Labute approximate surface area is 162 Å². The molecule has 1 unspecified atom stereocenters. The molecule has 1 heterocycles. The molecule has 2 rings (SSSR count). The van der Waals surface area contributed by atoms with Crippen molar-refractivity contribution in [2.24, 2.45) is 4.99 Å². The fourth-order valence-corrected chi connectivity index (χ4v) is 3.47. The van der Waals surface area contributed by atoms with E-state index >= 15 is 0 Å². The number of ether oxygens (including phenoxy) is 2. The van der Waals surface area contributed by atoms with Crippen molar-refractivity contribution in [3.63, 3.8) is 0 Å². The average Bonchev–Trinajstić information content (AvgIpc) is 3.17. The Morgan fingerprint density at radius 2 is 2.04 bits per heavy atom. The average molecular weight is 399 g/mol. The molecule has 1 saturated heterocycles. The van der Waals surface area contributed by atoms with Crippen molar-refractivity contribution in [1.82, 2.24) is 14.9 Å². The van der Waals surface area contributed by atoms with Gasteiger partial charge in [-0.05, 0) is 30.5 Å². The van der Waals surface area contributed by atoms with Crippen molar-refractivity contribution >= 4 is 16.0 Å². The number of benzene rings is 1. The van der Waals surface area contributed by atoms with Gasteiger partial charge in [0.25, 0.3) is 0 Å². The Kier molecular flexibility index (Phi) is 8.49. The van der Waals surface area contributed by atoms with Crippen LogP contribution in [0.5, 0.6) is 0 Å². The molecule has 0 aliphatic carbocycles. The minimum Gasteiger partial charge on any atom is -0.379 e. The van der Waals surface area contributed by atoms with Crippen LogP contribution >= 0.6 is 0 Å². The highest BCUT2D eigenvalue weighted by Gasteiger charge is 2.16. The van der Waals surface area contributed by atoms with Gasteiger partial charge in [-0.3, -0.25) is 4.99 Å². The van der Waals surface area contributed by atoms with Crippen LogP contribution in [0.1, 0.15) is 18.4 Å². The zero-order chi connectivity index (χ0) is 19.7. The van der Waals surface area contributed by atoms with Gasteiger partial charge in [-0.15, -0.1) is 0 Å². The van der Waals surface area contributed by atoms with Gasteiger partial charge >= 0.3 is 0 Å². The van der Waals surface area contributed by atoms with Crippen molar-refractivity contribution in [1.29, 1.82) is 0 Å². The van der Waals surface area contributed by atoms with Crippen molar-refractivity contribution in [3.05, 3.63) is 29.8 Å². The largest absolute Gasteiger partial charge is 0.379 e. The summed E-state index contributed by atoms with van der Waals surface area (Å²) in [6.07, 6.45) is 2.10. The first-order valence-corrected chi connectivity index (χ1v) is 10.5. The van der Waals surface area contributed by atoms with E-state index in [9.17, 15) is 8.42 Å². The molecular weight excluding hydrogens is 368 g/mol. The molecule has 1 atom stereocenters. The predicted molar refractivity (Wildman–Crippen MR) is 105 cm³/mol. The summed E-state index contributed by atoms with van der Waals surface area (Å²) in [5.41, 5.74) is 0.972. The lowest BCUT2D eigenvalue weighted by molar-refractivity contribution is 0.0420. The van der Waals surface area contributed by atoms with E-state index in [0.29, 0.717) is 25.7 Å². The number of nitrogens with zero attached hydrogens (tertiary/aromatic N) is 2. The maximum absolute atomic E-state index is 12.1. The van der Waals surface area contributed by atoms with Gasteiger partial charge in [0.05, 0.1) is 17.6 Å². The number of hydrogen-bond acceptors (Lipinski definition) is 5.